The van der Waals surface area contributed by atoms with Crippen LogP contribution in [0.15, 0.2) is 0 Å². The first-order valence-electron chi connectivity index (χ1n) is 5.53. The number of likely N-dealkylation sites (tertiary alicyclic amines) is 1. The summed E-state index contributed by atoms with van der Waals surface area (Å²) in [5.74, 6) is -0.259. The van der Waals surface area contributed by atoms with E-state index in [1.165, 1.54) is 4.90 Å². The van der Waals surface area contributed by atoms with Crippen molar-refractivity contribution in [2.45, 2.75) is 37.7 Å². The molecule has 1 amide bonds. The minimum atomic E-state index is -1.44. The van der Waals surface area contributed by atoms with Crippen molar-refractivity contribution in [3.8, 4) is 0 Å². The predicted molar refractivity (Wildman–Crippen MR) is 55.6 cm³/mol. The average Bonchev–Trinajstić information content (AvgIpc) is 2.92. The Labute approximate surface area is 89.4 Å². The van der Waals surface area contributed by atoms with Crippen molar-refractivity contribution in [3.05, 3.63) is 0 Å². The predicted octanol–water partition coefficient (Wildman–Crippen LogP) is -1.27. The van der Waals surface area contributed by atoms with Gasteiger partial charge in [-0.1, -0.05) is 0 Å². The van der Waals surface area contributed by atoms with Crippen LogP contribution in [-0.4, -0.2) is 46.5 Å². The first-order valence-corrected chi connectivity index (χ1v) is 5.53. The number of carbonyl (C=O) groups is 1. The number of amides is 1. The summed E-state index contributed by atoms with van der Waals surface area (Å²) in [7, 11) is -1.44. The smallest absolute Gasteiger partial charge is 0.426 e. The van der Waals surface area contributed by atoms with E-state index < -0.39 is 19.1 Å². The molecule has 0 aromatic heterocycles. The summed E-state index contributed by atoms with van der Waals surface area (Å²) < 4.78 is 0. The van der Waals surface area contributed by atoms with Gasteiger partial charge >= 0.3 is 7.12 Å². The topological polar surface area (TPSA) is 86.8 Å². The van der Waals surface area contributed by atoms with Crippen LogP contribution in [0.25, 0.3) is 0 Å². The summed E-state index contributed by atoms with van der Waals surface area (Å²) in [6, 6.07) is -0.440. The Hall–Kier alpha value is -0.585. The maximum Gasteiger partial charge on any atom is 0.475 e. The molecule has 2 fully saturated rings. The SMILES string of the molecule is N[C@H](C(=O)N1CCC[C@H]1B(O)O)C1CC1. The summed E-state index contributed by atoms with van der Waals surface area (Å²) in [5, 5.41) is 18.3. The van der Waals surface area contributed by atoms with E-state index in [4.69, 9.17) is 15.8 Å². The third-order valence-electron chi connectivity index (χ3n) is 3.34. The van der Waals surface area contributed by atoms with Crippen molar-refractivity contribution < 1.29 is 14.8 Å². The minimum absolute atomic E-state index is 0.117. The molecule has 2 aliphatic rings. The number of hydrogen-bond acceptors (Lipinski definition) is 4. The molecule has 0 radical (unpaired) electrons. The molecule has 0 aromatic rings. The molecule has 4 N–H and O–H groups in total. The van der Waals surface area contributed by atoms with Crippen molar-refractivity contribution in [1.29, 1.82) is 0 Å². The highest BCUT2D eigenvalue weighted by atomic mass is 16.4. The highest BCUT2D eigenvalue weighted by Crippen LogP contribution is 2.33. The molecule has 1 saturated carbocycles. The van der Waals surface area contributed by atoms with Gasteiger partial charge in [0, 0.05) is 6.54 Å². The Morgan fingerprint density at radius 1 is 1.40 bits per heavy atom. The van der Waals surface area contributed by atoms with E-state index in [0.717, 1.165) is 19.3 Å². The summed E-state index contributed by atoms with van der Waals surface area (Å²) in [5.41, 5.74) is 5.81. The summed E-state index contributed by atoms with van der Waals surface area (Å²) in [4.78, 5) is 13.5. The van der Waals surface area contributed by atoms with Crippen LogP contribution in [0, 0.1) is 5.92 Å². The molecule has 0 aromatic carbocycles. The Morgan fingerprint density at radius 3 is 2.60 bits per heavy atom. The third kappa shape index (κ3) is 2.16. The van der Waals surface area contributed by atoms with Gasteiger partial charge in [-0.3, -0.25) is 4.79 Å². The van der Waals surface area contributed by atoms with Gasteiger partial charge in [0.25, 0.3) is 0 Å². The number of rotatable bonds is 3. The van der Waals surface area contributed by atoms with Gasteiger partial charge in [0.05, 0.1) is 12.0 Å². The molecule has 2 atom stereocenters. The molecule has 84 valence electrons. The highest BCUT2D eigenvalue weighted by molar-refractivity contribution is 6.43. The fourth-order valence-corrected chi connectivity index (χ4v) is 2.22. The van der Waals surface area contributed by atoms with Gasteiger partial charge in [-0.25, -0.2) is 0 Å². The van der Waals surface area contributed by atoms with Gasteiger partial charge in [0.2, 0.25) is 5.91 Å². The lowest BCUT2D eigenvalue weighted by molar-refractivity contribution is -0.133. The lowest BCUT2D eigenvalue weighted by Gasteiger charge is -2.26. The third-order valence-corrected chi connectivity index (χ3v) is 3.34. The van der Waals surface area contributed by atoms with Crippen LogP contribution in [0.3, 0.4) is 0 Å². The van der Waals surface area contributed by atoms with Gasteiger partial charge in [-0.2, -0.15) is 0 Å². The second kappa shape index (κ2) is 4.12. The fourth-order valence-electron chi connectivity index (χ4n) is 2.22. The first-order chi connectivity index (χ1) is 7.11. The maximum atomic E-state index is 11.9. The Morgan fingerprint density at radius 2 is 2.07 bits per heavy atom. The van der Waals surface area contributed by atoms with Gasteiger partial charge in [-0.05, 0) is 31.6 Å². The van der Waals surface area contributed by atoms with Crippen LogP contribution in [0.4, 0.5) is 0 Å². The van der Waals surface area contributed by atoms with E-state index in [1.807, 2.05) is 0 Å². The number of hydrogen-bond donors (Lipinski definition) is 3. The first kappa shape index (κ1) is 10.9. The van der Waals surface area contributed by atoms with Gasteiger partial charge in [-0.15, -0.1) is 0 Å². The van der Waals surface area contributed by atoms with Crippen LogP contribution >= 0.6 is 0 Å². The number of carbonyl (C=O) groups excluding carboxylic acids is 1. The second-order valence-corrected chi connectivity index (χ2v) is 4.52. The van der Waals surface area contributed by atoms with Crippen molar-refractivity contribution >= 4 is 13.0 Å². The van der Waals surface area contributed by atoms with E-state index in [9.17, 15) is 4.79 Å². The molecule has 6 heteroatoms. The fraction of sp³-hybridized carbons (Fsp3) is 0.889. The zero-order valence-electron chi connectivity index (χ0n) is 8.67. The van der Waals surface area contributed by atoms with Crippen LogP contribution in [0.1, 0.15) is 25.7 Å². The monoisotopic (exact) mass is 212 g/mol. The van der Waals surface area contributed by atoms with Crippen molar-refractivity contribution in [2.24, 2.45) is 11.7 Å². The van der Waals surface area contributed by atoms with Crippen molar-refractivity contribution in [3.63, 3.8) is 0 Å². The van der Waals surface area contributed by atoms with Crippen LogP contribution < -0.4 is 5.73 Å². The molecule has 1 heterocycles. The molecule has 0 unspecified atom stereocenters. The summed E-state index contributed by atoms with van der Waals surface area (Å²) >= 11 is 0. The van der Waals surface area contributed by atoms with E-state index in [-0.39, 0.29) is 5.91 Å². The summed E-state index contributed by atoms with van der Waals surface area (Å²) in [6.07, 6.45) is 3.52. The Kier molecular flexibility index (Phi) is 3.00. The van der Waals surface area contributed by atoms with E-state index in [1.54, 1.807) is 0 Å². The van der Waals surface area contributed by atoms with E-state index in [0.29, 0.717) is 18.9 Å². The average molecular weight is 212 g/mol. The molecule has 1 aliphatic carbocycles. The molecule has 0 bridgehead atoms. The second-order valence-electron chi connectivity index (χ2n) is 4.52. The molecule has 15 heavy (non-hydrogen) atoms. The Balaban J connectivity index is 1.98. The molecule has 1 saturated heterocycles. The van der Waals surface area contributed by atoms with Gasteiger partial charge < -0.3 is 20.7 Å². The highest BCUT2D eigenvalue weighted by Gasteiger charge is 2.42. The van der Waals surface area contributed by atoms with Crippen LogP contribution in [0.2, 0.25) is 0 Å². The molecule has 0 spiro atoms. The van der Waals surface area contributed by atoms with E-state index in [2.05, 4.69) is 0 Å². The molecule has 2 rings (SSSR count). The van der Waals surface area contributed by atoms with E-state index >= 15 is 0 Å². The lowest BCUT2D eigenvalue weighted by atomic mass is 9.77. The largest absolute Gasteiger partial charge is 0.475 e. The van der Waals surface area contributed by atoms with Crippen LogP contribution in [-0.2, 0) is 4.79 Å². The van der Waals surface area contributed by atoms with Gasteiger partial charge in [0.15, 0.2) is 0 Å². The molecular formula is C9H17BN2O3. The van der Waals surface area contributed by atoms with Crippen molar-refractivity contribution in [1.82, 2.24) is 4.90 Å². The quantitative estimate of drug-likeness (QED) is 0.509. The molecule has 5 nitrogen and oxygen atoms in total. The zero-order valence-corrected chi connectivity index (χ0v) is 8.67. The number of nitrogens with two attached hydrogens (primary N) is 1. The van der Waals surface area contributed by atoms with Gasteiger partial charge in [0.1, 0.15) is 0 Å². The molecular weight excluding hydrogens is 195 g/mol. The standard InChI is InChI=1S/C9H17BN2O3/c11-8(6-3-4-6)9(13)12-5-1-2-7(12)10(14)15/h6-8,14-15H,1-5,11H2/t7-,8-/m0/s1. The molecule has 1 aliphatic heterocycles. The van der Waals surface area contributed by atoms with Crippen LogP contribution in [0.5, 0.6) is 0 Å². The summed E-state index contributed by atoms with van der Waals surface area (Å²) in [6.45, 7) is 0.599. The lowest BCUT2D eigenvalue weighted by Crippen LogP contribution is -2.52. The maximum absolute atomic E-state index is 11.9. The van der Waals surface area contributed by atoms with Crippen molar-refractivity contribution in [2.75, 3.05) is 6.54 Å². The Bertz CT molecular complexity index is 258. The normalized spacial score (nSPS) is 27.9. The minimum Gasteiger partial charge on any atom is -0.426 e. The zero-order chi connectivity index (χ0) is 11.0. The number of nitrogens with zero attached hydrogens (tertiary/aromatic N) is 1.